The molecular formula is C23H23N. The zero-order valence-corrected chi connectivity index (χ0v) is 14.6. The van der Waals surface area contributed by atoms with Crippen molar-refractivity contribution < 1.29 is 0 Å². The van der Waals surface area contributed by atoms with Gasteiger partial charge in [0.2, 0.25) is 0 Å². The molecule has 120 valence electrons. The smallest absolute Gasteiger partial charge is 0.0543 e. The lowest BCUT2D eigenvalue weighted by Crippen LogP contribution is -2.09. The third kappa shape index (κ3) is 2.50. The lowest BCUT2D eigenvalue weighted by atomic mass is 9.86. The van der Waals surface area contributed by atoms with Crippen LogP contribution in [-0.4, -0.2) is 4.57 Å². The highest BCUT2D eigenvalue weighted by molar-refractivity contribution is 6.10. The van der Waals surface area contributed by atoms with Gasteiger partial charge in [-0.25, -0.2) is 0 Å². The Morgan fingerprint density at radius 2 is 1.38 bits per heavy atom. The summed E-state index contributed by atoms with van der Waals surface area (Å²) in [6.07, 6.45) is 1.08. The topological polar surface area (TPSA) is 4.93 Å². The Balaban J connectivity index is 2.11. The average Bonchev–Trinajstić information content (AvgIpc) is 2.89. The van der Waals surface area contributed by atoms with E-state index in [-0.39, 0.29) is 5.41 Å². The molecule has 0 aliphatic carbocycles. The van der Waals surface area contributed by atoms with Gasteiger partial charge >= 0.3 is 0 Å². The number of fused-ring (bicyclic) bond motifs is 3. The van der Waals surface area contributed by atoms with Crippen LogP contribution >= 0.6 is 0 Å². The molecule has 3 aromatic carbocycles. The third-order valence-electron chi connectivity index (χ3n) is 4.52. The van der Waals surface area contributed by atoms with E-state index >= 15 is 0 Å². The average molecular weight is 313 g/mol. The van der Waals surface area contributed by atoms with Gasteiger partial charge in [-0.3, -0.25) is 0 Å². The first-order valence-electron chi connectivity index (χ1n) is 8.61. The summed E-state index contributed by atoms with van der Waals surface area (Å²) in [5, 5.41) is 2.74. The summed E-state index contributed by atoms with van der Waals surface area (Å²) in [5.41, 5.74) is 5.50. The van der Waals surface area contributed by atoms with E-state index < -0.39 is 0 Å². The molecule has 1 aromatic heterocycles. The Labute approximate surface area is 143 Å². The summed E-state index contributed by atoms with van der Waals surface area (Å²) in [4.78, 5) is 0. The summed E-state index contributed by atoms with van der Waals surface area (Å²) in [6.45, 7) is 6.92. The fourth-order valence-electron chi connectivity index (χ4n) is 3.67. The van der Waals surface area contributed by atoms with Crippen LogP contribution in [0.25, 0.3) is 27.5 Å². The standard InChI is InChI=1S/C23H23N/c1-23(2,3)16-17-10-9-15-21-22(17)19-13-7-8-14-20(19)24(21)18-11-5-4-6-12-18/h4-15H,16H2,1-3H3. The molecular weight excluding hydrogens is 290 g/mol. The van der Waals surface area contributed by atoms with Crippen LogP contribution < -0.4 is 0 Å². The first-order chi connectivity index (χ1) is 11.5. The number of aromatic nitrogens is 1. The molecule has 1 heterocycles. The van der Waals surface area contributed by atoms with E-state index in [9.17, 15) is 0 Å². The predicted octanol–water partition coefficient (Wildman–Crippen LogP) is 6.37. The monoisotopic (exact) mass is 313 g/mol. The van der Waals surface area contributed by atoms with E-state index in [0.29, 0.717) is 0 Å². The minimum Gasteiger partial charge on any atom is -0.309 e. The van der Waals surface area contributed by atoms with Crippen molar-refractivity contribution in [3.05, 3.63) is 78.4 Å². The minimum absolute atomic E-state index is 0.268. The Kier molecular flexibility index (Phi) is 3.45. The molecule has 1 heteroatoms. The molecule has 0 amide bonds. The molecule has 1 nitrogen and oxygen atoms in total. The van der Waals surface area contributed by atoms with Crippen LogP contribution in [0.5, 0.6) is 0 Å². The lowest BCUT2D eigenvalue weighted by molar-refractivity contribution is 0.413. The lowest BCUT2D eigenvalue weighted by Gasteiger charge is -2.19. The van der Waals surface area contributed by atoms with Gasteiger partial charge in [-0.2, -0.15) is 0 Å². The van der Waals surface area contributed by atoms with E-state index in [1.54, 1.807) is 0 Å². The van der Waals surface area contributed by atoms with Crippen molar-refractivity contribution in [2.75, 3.05) is 0 Å². The van der Waals surface area contributed by atoms with Crippen LogP contribution in [-0.2, 0) is 6.42 Å². The van der Waals surface area contributed by atoms with Crippen LogP contribution in [0.1, 0.15) is 26.3 Å². The molecule has 24 heavy (non-hydrogen) atoms. The Hall–Kier alpha value is -2.54. The Bertz CT molecular complexity index is 1000. The third-order valence-corrected chi connectivity index (χ3v) is 4.52. The van der Waals surface area contributed by atoms with Crippen LogP contribution in [0.15, 0.2) is 72.8 Å². The van der Waals surface area contributed by atoms with Crippen LogP contribution in [0.4, 0.5) is 0 Å². The second-order valence-electron chi connectivity index (χ2n) is 7.74. The molecule has 0 saturated carbocycles. The second-order valence-corrected chi connectivity index (χ2v) is 7.74. The molecule has 0 spiro atoms. The van der Waals surface area contributed by atoms with E-state index in [0.717, 1.165) is 6.42 Å². The van der Waals surface area contributed by atoms with Gasteiger partial charge in [0, 0.05) is 16.5 Å². The van der Waals surface area contributed by atoms with Crippen molar-refractivity contribution >= 4 is 21.8 Å². The van der Waals surface area contributed by atoms with Gasteiger partial charge in [0.25, 0.3) is 0 Å². The molecule has 0 atom stereocenters. The number of hydrogen-bond acceptors (Lipinski definition) is 0. The minimum atomic E-state index is 0.268. The zero-order chi connectivity index (χ0) is 16.7. The second kappa shape index (κ2) is 5.52. The normalized spacial score (nSPS) is 12.1. The Morgan fingerprint density at radius 3 is 2.12 bits per heavy atom. The molecule has 0 aliphatic heterocycles. The van der Waals surface area contributed by atoms with Crippen molar-refractivity contribution in [2.24, 2.45) is 5.41 Å². The molecule has 0 unspecified atom stereocenters. The number of hydrogen-bond donors (Lipinski definition) is 0. The van der Waals surface area contributed by atoms with E-state index in [1.165, 1.54) is 33.1 Å². The fourth-order valence-corrected chi connectivity index (χ4v) is 3.67. The number of rotatable bonds is 2. The van der Waals surface area contributed by atoms with Crippen molar-refractivity contribution in [1.82, 2.24) is 4.57 Å². The zero-order valence-electron chi connectivity index (χ0n) is 14.6. The summed E-state index contributed by atoms with van der Waals surface area (Å²) in [6, 6.07) is 26.1. The molecule has 0 bridgehead atoms. The van der Waals surface area contributed by atoms with Crippen LogP contribution in [0.3, 0.4) is 0 Å². The first kappa shape index (κ1) is 15.0. The van der Waals surface area contributed by atoms with Crippen molar-refractivity contribution in [2.45, 2.75) is 27.2 Å². The highest BCUT2D eigenvalue weighted by atomic mass is 15.0. The van der Waals surface area contributed by atoms with Crippen LogP contribution in [0.2, 0.25) is 0 Å². The summed E-state index contributed by atoms with van der Waals surface area (Å²) in [5.74, 6) is 0. The number of nitrogens with zero attached hydrogens (tertiary/aromatic N) is 1. The molecule has 0 radical (unpaired) electrons. The number of benzene rings is 3. The molecule has 0 fully saturated rings. The van der Waals surface area contributed by atoms with E-state index in [4.69, 9.17) is 0 Å². The van der Waals surface area contributed by atoms with Gasteiger partial charge in [0.05, 0.1) is 11.0 Å². The molecule has 0 saturated heterocycles. The quantitative estimate of drug-likeness (QED) is 0.405. The van der Waals surface area contributed by atoms with Gasteiger partial charge < -0.3 is 4.57 Å². The largest absolute Gasteiger partial charge is 0.309 e. The molecule has 0 N–H and O–H groups in total. The highest BCUT2D eigenvalue weighted by Gasteiger charge is 2.18. The van der Waals surface area contributed by atoms with Crippen LogP contribution in [0, 0.1) is 5.41 Å². The molecule has 0 aliphatic rings. The predicted molar refractivity (Wildman–Crippen MR) is 104 cm³/mol. The van der Waals surface area contributed by atoms with Crippen molar-refractivity contribution in [3.8, 4) is 5.69 Å². The maximum atomic E-state index is 2.39. The van der Waals surface area contributed by atoms with Gasteiger partial charge in [-0.1, -0.05) is 69.3 Å². The van der Waals surface area contributed by atoms with Gasteiger partial charge in [0.15, 0.2) is 0 Å². The summed E-state index contributed by atoms with van der Waals surface area (Å²) < 4.78 is 2.39. The van der Waals surface area contributed by atoms with E-state index in [2.05, 4.69) is 98.1 Å². The van der Waals surface area contributed by atoms with Gasteiger partial charge in [0.1, 0.15) is 0 Å². The SMILES string of the molecule is CC(C)(C)Cc1cccc2c1c1ccccc1n2-c1ccccc1. The number of para-hydroxylation sites is 2. The Morgan fingerprint density at radius 1 is 0.708 bits per heavy atom. The first-order valence-corrected chi connectivity index (χ1v) is 8.61. The maximum absolute atomic E-state index is 2.39. The molecule has 4 rings (SSSR count). The van der Waals surface area contributed by atoms with Gasteiger partial charge in [-0.15, -0.1) is 0 Å². The van der Waals surface area contributed by atoms with E-state index in [1.807, 2.05) is 0 Å². The summed E-state index contributed by atoms with van der Waals surface area (Å²) >= 11 is 0. The molecule has 4 aromatic rings. The highest BCUT2D eigenvalue weighted by Crippen LogP contribution is 2.36. The van der Waals surface area contributed by atoms with Crippen molar-refractivity contribution in [1.29, 1.82) is 0 Å². The van der Waals surface area contributed by atoms with Crippen molar-refractivity contribution in [3.63, 3.8) is 0 Å². The maximum Gasteiger partial charge on any atom is 0.0543 e. The fraction of sp³-hybridized carbons (Fsp3) is 0.217. The van der Waals surface area contributed by atoms with Gasteiger partial charge in [-0.05, 0) is 41.7 Å². The summed E-state index contributed by atoms with van der Waals surface area (Å²) in [7, 11) is 0.